The lowest BCUT2D eigenvalue weighted by molar-refractivity contribution is 0.232. The number of nitrogens with zero attached hydrogens (tertiary/aromatic N) is 2. The van der Waals surface area contributed by atoms with E-state index in [1.54, 1.807) is 12.3 Å². The maximum Gasteiger partial charge on any atom is 0.238 e. The van der Waals surface area contributed by atoms with Gasteiger partial charge in [0.25, 0.3) is 0 Å². The van der Waals surface area contributed by atoms with Gasteiger partial charge in [-0.1, -0.05) is 0 Å². The summed E-state index contributed by atoms with van der Waals surface area (Å²) < 4.78 is 6.52. The molecular formula is C13H14BrN3OS. The van der Waals surface area contributed by atoms with Crippen LogP contribution in [0.1, 0.15) is 13.8 Å². The van der Waals surface area contributed by atoms with Gasteiger partial charge in [-0.3, -0.25) is 0 Å². The average Bonchev–Trinajstić information content (AvgIpc) is 2.36. The number of rotatable bonds is 4. The molecule has 2 heterocycles. The van der Waals surface area contributed by atoms with Crippen molar-refractivity contribution in [1.29, 1.82) is 0 Å². The predicted octanol–water partition coefficient (Wildman–Crippen LogP) is 3.76. The molecule has 2 aromatic rings. The first-order chi connectivity index (χ1) is 9.04. The largest absolute Gasteiger partial charge is 0.473 e. The van der Waals surface area contributed by atoms with Crippen molar-refractivity contribution in [3.8, 4) is 5.88 Å². The molecule has 2 aromatic heterocycles. The molecule has 4 nitrogen and oxygen atoms in total. The number of hydrogen-bond acceptors (Lipinski definition) is 5. The van der Waals surface area contributed by atoms with E-state index in [2.05, 4.69) is 25.9 Å². The normalized spacial score (nSPS) is 10.7. The molecule has 0 aromatic carbocycles. The molecule has 0 aliphatic carbocycles. The highest BCUT2D eigenvalue weighted by Crippen LogP contribution is 2.29. The minimum Gasteiger partial charge on any atom is -0.473 e. The van der Waals surface area contributed by atoms with Crippen molar-refractivity contribution >= 4 is 33.4 Å². The Morgan fingerprint density at radius 2 is 1.95 bits per heavy atom. The van der Waals surface area contributed by atoms with Gasteiger partial charge >= 0.3 is 0 Å². The number of hydrogen-bond donors (Lipinski definition) is 1. The first kappa shape index (κ1) is 14.1. The van der Waals surface area contributed by atoms with Crippen molar-refractivity contribution in [2.24, 2.45) is 0 Å². The summed E-state index contributed by atoms with van der Waals surface area (Å²) in [7, 11) is 0. The van der Waals surface area contributed by atoms with E-state index < -0.39 is 0 Å². The van der Waals surface area contributed by atoms with Crippen LogP contribution >= 0.6 is 27.7 Å². The van der Waals surface area contributed by atoms with Crippen LogP contribution in [0.2, 0.25) is 0 Å². The lowest BCUT2D eigenvalue weighted by Gasteiger charge is -2.11. The first-order valence-corrected chi connectivity index (χ1v) is 7.38. The minimum absolute atomic E-state index is 0.0425. The molecule has 19 heavy (non-hydrogen) atoms. The highest BCUT2D eigenvalue weighted by Gasteiger charge is 2.08. The van der Waals surface area contributed by atoms with Gasteiger partial charge in [0.15, 0.2) is 0 Å². The Morgan fingerprint density at radius 3 is 2.58 bits per heavy atom. The second kappa shape index (κ2) is 6.25. The summed E-state index contributed by atoms with van der Waals surface area (Å²) in [5, 5.41) is 1.68. The third kappa shape index (κ3) is 4.11. The minimum atomic E-state index is 0.0425. The fourth-order valence-electron chi connectivity index (χ4n) is 1.34. The highest BCUT2D eigenvalue weighted by atomic mass is 79.9. The van der Waals surface area contributed by atoms with Gasteiger partial charge in [-0.25, -0.2) is 9.97 Å². The maximum absolute atomic E-state index is 5.83. The number of halogens is 1. The van der Waals surface area contributed by atoms with E-state index in [4.69, 9.17) is 10.5 Å². The number of nitrogen functional groups attached to an aromatic ring is 1. The second-order valence-electron chi connectivity index (χ2n) is 4.13. The zero-order valence-corrected chi connectivity index (χ0v) is 13.0. The van der Waals surface area contributed by atoms with Crippen molar-refractivity contribution in [1.82, 2.24) is 9.97 Å². The van der Waals surface area contributed by atoms with E-state index in [0.29, 0.717) is 11.6 Å². The number of nitrogens with two attached hydrogens (primary N) is 1. The van der Waals surface area contributed by atoms with Gasteiger partial charge in [0.1, 0.15) is 10.1 Å². The Kier molecular flexibility index (Phi) is 4.66. The third-order valence-corrected chi connectivity index (χ3v) is 3.48. The van der Waals surface area contributed by atoms with E-state index in [-0.39, 0.29) is 6.10 Å². The molecule has 100 valence electrons. The van der Waals surface area contributed by atoms with E-state index in [1.807, 2.05) is 32.0 Å². The standard InChI is InChI=1S/C13H14BrN3OS/c1-8(2)18-13-10(15)4-6-12(17-13)19-11-5-3-9(14)7-16-11/h3-8H,15H2,1-2H3. The molecular weight excluding hydrogens is 326 g/mol. The van der Waals surface area contributed by atoms with Gasteiger partial charge in [0, 0.05) is 10.7 Å². The molecule has 0 saturated heterocycles. The van der Waals surface area contributed by atoms with Crippen LogP contribution in [0.5, 0.6) is 5.88 Å². The Hall–Kier alpha value is -1.27. The summed E-state index contributed by atoms with van der Waals surface area (Å²) in [6, 6.07) is 7.52. The van der Waals surface area contributed by atoms with Gasteiger partial charge in [-0.15, -0.1) is 0 Å². The van der Waals surface area contributed by atoms with Crippen LogP contribution in [-0.2, 0) is 0 Å². The third-order valence-electron chi connectivity index (χ3n) is 2.12. The molecule has 0 atom stereocenters. The van der Waals surface area contributed by atoms with Crippen molar-refractivity contribution in [3.63, 3.8) is 0 Å². The molecule has 0 unspecified atom stereocenters. The Morgan fingerprint density at radius 1 is 1.21 bits per heavy atom. The highest BCUT2D eigenvalue weighted by molar-refractivity contribution is 9.10. The molecule has 0 saturated carbocycles. The molecule has 0 aliphatic heterocycles. The summed E-state index contributed by atoms with van der Waals surface area (Å²) in [4.78, 5) is 8.68. The topological polar surface area (TPSA) is 61.0 Å². The fraction of sp³-hybridized carbons (Fsp3) is 0.231. The quantitative estimate of drug-likeness (QED) is 0.918. The lowest BCUT2D eigenvalue weighted by Crippen LogP contribution is -2.09. The number of ether oxygens (including phenoxy) is 1. The van der Waals surface area contributed by atoms with Crippen LogP contribution < -0.4 is 10.5 Å². The van der Waals surface area contributed by atoms with Crippen LogP contribution in [0.4, 0.5) is 5.69 Å². The van der Waals surface area contributed by atoms with Crippen molar-refractivity contribution < 1.29 is 4.74 Å². The van der Waals surface area contributed by atoms with E-state index in [9.17, 15) is 0 Å². The van der Waals surface area contributed by atoms with Crippen LogP contribution in [0.15, 0.2) is 45.0 Å². The van der Waals surface area contributed by atoms with E-state index in [0.717, 1.165) is 14.5 Å². The number of aromatic nitrogens is 2. The van der Waals surface area contributed by atoms with Crippen molar-refractivity contribution in [2.75, 3.05) is 5.73 Å². The van der Waals surface area contributed by atoms with E-state index >= 15 is 0 Å². The summed E-state index contributed by atoms with van der Waals surface area (Å²) in [6.07, 6.45) is 1.80. The summed E-state index contributed by atoms with van der Waals surface area (Å²) >= 11 is 4.82. The van der Waals surface area contributed by atoms with Crippen molar-refractivity contribution in [3.05, 3.63) is 34.9 Å². The monoisotopic (exact) mass is 339 g/mol. The van der Waals surface area contributed by atoms with Gasteiger partial charge < -0.3 is 10.5 Å². The Balaban J connectivity index is 2.18. The first-order valence-electron chi connectivity index (χ1n) is 5.77. The smallest absolute Gasteiger partial charge is 0.238 e. The summed E-state index contributed by atoms with van der Waals surface area (Å²) in [5.74, 6) is 0.470. The molecule has 2 N–H and O–H groups in total. The zero-order valence-electron chi connectivity index (χ0n) is 10.6. The lowest BCUT2D eigenvalue weighted by atomic mass is 10.4. The van der Waals surface area contributed by atoms with Crippen LogP contribution in [-0.4, -0.2) is 16.1 Å². The number of anilines is 1. The molecule has 6 heteroatoms. The van der Waals surface area contributed by atoms with Gasteiger partial charge in [-0.2, -0.15) is 0 Å². The predicted molar refractivity (Wildman–Crippen MR) is 80.5 cm³/mol. The fourth-order valence-corrected chi connectivity index (χ4v) is 2.29. The number of pyridine rings is 2. The Labute approximate surface area is 124 Å². The van der Waals surface area contributed by atoms with Gasteiger partial charge in [-0.05, 0) is 65.8 Å². The Bertz CT molecular complexity index is 560. The zero-order chi connectivity index (χ0) is 13.8. The molecule has 0 fully saturated rings. The second-order valence-corrected chi connectivity index (χ2v) is 6.08. The van der Waals surface area contributed by atoms with Gasteiger partial charge in [0.05, 0.1) is 11.8 Å². The van der Waals surface area contributed by atoms with E-state index in [1.165, 1.54) is 11.8 Å². The summed E-state index contributed by atoms with van der Waals surface area (Å²) in [5.41, 5.74) is 6.38. The van der Waals surface area contributed by atoms with Crippen LogP contribution in [0.3, 0.4) is 0 Å². The SMILES string of the molecule is CC(C)Oc1nc(Sc2ccc(Br)cn2)ccc1N. The maximum atomic E-state index is 5.83. The van der Waals surface area contributed by atoms with Crippen molar-refractivity contribution in [2.45, 2.75) is 30.0 Å². The average molecular weight is 340 g/mol. The molecule has 0 spiro atoms. The molecule has 0 amide bonds. The summed E-state index contributed by atoms with van der Waals surface area (Å²) in [6.45, 7) is 3.88. The van der Waals surface area contributed by atoms with Crippen LogP contribution in [0, 0.1) is 0 Å². The molecule has 2 rings (SSSR count). The molecule has 0 radical (unpaired) electrons. The van der Waals surface area contributed by atoms with Crippen LogP contribution in [0.25, 0.3) is 0 Å². The van der Waals surface area contributed by atoms with Gasteiger partial charge in [0.2, 0.25) is 5.88 Å². The molecule has 0 aliphatic rings. The molecule has 0 bridgehead atoms.